The number of carbonyl (C=O) groups excluding carboxylic acids is 1. The van der Waals surface area contributed by atoms with Crippen LogP contribution in [-0.2, 0) is 11.4 Å². The molecule has 0 saturated carbocycles. The first-order valence-electron chi connectivity index (χ1n) is 8.06. The second-order valence-electron chi connectivity index (χ2n) is 5.81. The topological polar surface area (TPSA) is 69.0 Å². The van der Waals surface area contributed by atoms with E-state index in [1.54, 1.807) is 6.92 Å². The van der Waals surface area contributed by atoms with Gasteiger partial charge in [-0.2, -0.15) is 5.10 Å². The number of amides is 1. The molecule has 0 aliphatic carbocycles. The Morgan fingerprint density at radius 3 is 2.76 bits per heavy atom. The summed E-state index contributed by atoms with van der Waals surface area (Å²) in [5.41, 5.74) is 2.76. The third-order valence-electron chi connectivity index (χ3n) is 3.85. The summed E-state index contributed by atoms with van der Waals surface area (Å²) in [5.74, 6) is 0.460. The van der Waals surface area contributed by atoms with Crippen molar-refractivity contribution in [1.29, 1.82) is 0 Å². The van der Waals surface area contributed by atoms with Gasteiger partial charge in [0.15, 0.2) is 0 Å². The van der Waals surface area contributed by atoms with Crippen LogP contribution in [0.1, 0.15) is 24.1 Å². The largest absolute Gasteiger partial charge is 0.487 e. The van der Waals surface area contributed by atoms with E-state index in [0.717, 1.165) is 11.1 Å². The molecular weight excluding hydrogens is 316 g/mol. The number of aryl methyl sites for hydroxylation is 1. The number of nitrogens with one attached hydrogen (secondary N) is 1. The van der Waals surface area contributed by atoms with Crippen molar-refractivity contribution in [3.05, 3.63) is 72.3 Å². The summed E-state index contributed by atoms with van der Waals surface area (Å²) >= 11 is 0. The highest BCUT2D eigenvalue weighted by molar-refractivity contribution is 5.94. The van der Waals surface area contributed by atoms with Gasteiger partial charge in [-0.25, -0.2) is 9.67 Å². The molecule has 0 unspecified atom stereocenters. The molecule has 0 aliphatic rings. The zero-order chi connectivity index (χ0) is 17.6. The highest BCUT2D eigenvalue weighted by Gasteiger charge is 2.17. The first-order chi connectivity index (χ1) is 12.1. The van der Waals surface area contributed by atoms with E-state index in [1.807, 2.05) is 55.5 Å². The Hall–Kier alpha value is -3.15. The number of benzene rings is 2. The highest BCUT2D eigenvalue weighted by Crippen LogP contribution is 2.27. The Morgan fingerprint density at radius 1 is 1.24 bits per heavy atom. The minimum absolute atomic E-state index is 0.182. The van der Waals surface area contributed by atoms with Crippen molar-refractivity contribution in [3.63, 3.8) is 0 Å². The molecule has 6 heteroatoms. The van der Waals surface area contributed by atoms with Crippen LogP contribution in [0.2, 0.25) is 0 Å². The minimum Gasteiger partial charge on any atom is -0.487 e. The van der Waals surface area contributed by atoms with Crippen LogP contribution >= 0.6 is 0 Å². The molecule has 1 amide bonds. The van der Waals surface area contributed by atoms with Crippen LogP contribution in [-0.4, -0.2) is 20.7 Å². The van der Waals surface area contributed by atoms with E-state index in [9.17, 15) is 4.79 Å². The third-order valence-corrected chi connectivity index (χ3v) is 3.85. The fraction of sp³-hybridized carbons (Fsp3) is 0.211. The SMILES string of the molecule is Cc1ccc(NC(=O)[C@@H](C)n2cncn2)c(OCc2ccccc2)c1. The number of aromatic nitrogens is 3. The van der Waals surface area contributed by atoms with Crippen molar-refractivity contribution in [2.45, 2.75) is 26.5 Å². The lowest BCUT2D eigenvalue weighted by atomic mass is 10.2. The molecule has 3 aromatic rings. The van der Waals surface area contributed by atoms with E-state index in [4.69, 9.17) is 4.74 Å². The zero-order valence-corrected chi connectivity index (χ0v) is 14.2. The van der Waals surface area contributed by atoms with E-state index >= 15 is 0 Å². The number of ether oxygens (including phenoxy) is 1. The summed E-state index contributed by atoms with van der Waals surface area (Å²) < 4.78 is 7.43. The first-order valence-corrected chi connectivity index (χ1v) is 8.06. The van der Waals surface area contributed by atoms with E-state index < -0.39 is 6.04 Å². The number of nitrogens with zero attached hydrogens (tertiary/aromatic N) is 3. The van der Waals surface area contributed by atoms with Crippen LogP contribution in [0.25, 0.3) is 0 Å². The van der Waals surface area contributed by atoms with Gasteiger partial charge in [0.1, 0.15) is 31.1 Å². The maximum absolute atomic E-state index is 12.5. The van der Waals surface area contributed by atoms with Gasteiger partial charge in [-0.1, -0.05) is 36.4 Å². The quantitative estimate of drug-likeness (QED) is 0.749. The average molecular weight is 336 g/mol. The number of carbonyl (C=O) groups is 1. The Bertz CT molecular complexity index is 832. The molecule has 6 nitrogen and oxygen atoms in total. The van der Waals surface area contributed by atoms with Gasteiger partial charge in [-0.15, -0.1) is 0 Å². The summed E-state index contributed by atoms with van der Waals surface area (Å²) in [5, 5.41) is 6.91. The smallest absolute Gasteiger partial charge is 0.249 e. The molecule has 128 valence electrons. The van der Waals surface area contributed by atoms with Crippen LogP contribution in [0.5, 0.6) is 5.75 Å². The summed E-state index contributed by atoms with van der Waals surface area (Å²) in [6.07, 6.45) is 2.93. The molecule has 1 heterocycles. The molecule has 0 saturated heterocycles. The normalized spacial score (nSPS) is 11.8. The zero-order valence-electron chi connectivity index (χ0n) is 14.2. The van der Waals surface area contributed by atoms with Crippen LogP contribution in [0.15, 0.2) is 61.2 Å². The van der Waals surface area contributed by atoms with Crippen LogP contribution in [0.3, 0.4) is 0 Å². The van der Waals surface area contributed by atoms with Gasteiger partial charge in [0.2, 0.25) is 5.91 Å². The van der Waals surface area contributed by atoms with E-state index in [-0.39, 0.29) is 5.91 Å². The summed E-state index contributed by atoms with van der Waals surface area (Å²) in [6, 6.07) is 15.1. The standard InChI is InChI=1S/C19H20N4O2/c1-14-8-9-17(22-19(24)15(2)23-13-20-12-21-23)18(10-14)25-11-16-6-4-3-5-7-16/h3-10,12-13,15H,11H2,1-2H3,(H,22,24)/t15-/m1/s1. The molecule has 0 radical (unpaired) electrons. The molecule has 1 aromatic heterocycles. The van der Waals surface area contributed by atoms with Gasteiger partial charge in [0.05, 0.1) is 5.69 Å². The summed E-state index contributed by atoms with van der Waals surface area (Å²) in [4.78, 5) is 16.3. The van der Waals surface area contributed by atoms with Crippen molar-refractivity contribution in [2.75, 3.05) is 5.32 Å². The minimum atomic E-state index is -0.467. The Morgan fingerprint density at radius 2 is 2.04 bits per heavy atom. The van der Waals surface area contributed by atoms with Crippen LogP contribution in [0.4, 0.5) is 5.69 Å². The molecule has 1 atom stereocenters. The second-order valence-corrected chi connectivity index (χ2v) is 5.81. The Labute approximate surface area is 146 Å². The fourth-order valence-electron chi connectivity index (χ4n) is 2.36. The number of rotatable bonds is 6. The van der Waals surface area contributed by atoms with Gasteiger partial charge in [0.25, 0.3) is 0 Å². The van der Waals surface area contributed by atoms with Crippen molar-refractivity contribution >= 4 is 11.6 Å². The predicted octanol–water partition coefficient (Wildman–Crippen LogP) is 3.37. The second kappa shape index (κ2) is 7.61. The van der Waals surface area contributed by atoms with E-state index in [1.165, 1.54) is 17.3 Å². The number of anilines is 1. The monoisotopic (exact) mass is 336 g/mol. The summed E-state index contributed by atoms with van der Waals surface area (Å²) in [7, 11) is 0. The van der Waals surface area contributed by atoms with Crippen molar-refractivity contribution in [3.8, 4) is 5.75 Å². The average Bonchev–Trinajstić information content (AvgIpc) is 3.16. The maximum Gasteiger partial charge on any atom is 0.249 e. The molecule has 2 aromatic carbocycles. The predicted molar refractivity (Wildman–Crippen MR) is 95.3 cm³/mol. The van der Waals surface area contributed by atoms with Crippen molar-refractivity contribution < 1.29 is 9.53 Å². The molecule has 0 spiro atoms. The molecule has 0 aliphatic heterocycles. The van der Waals surface area contributed by atoms with Gasteiger partial charge < -0.3 is 10.1 Å². The number of hydrogen-bond acceptors (Lipinski definition) is 4. The summed E-state index contributed by atoms with van der Waals surface area (Å²) in [6.45, 7) is 4.19. The molecule has 25 heavy (non-hydrogen) atoms. The van der Waals surface area contributed by atoms with Crippen LogP contribution in [0, 0.1) is 6.92 Å². The molecule has 1 N–H and O–H groups in total. The van der Waals surface area contributed by atoms with E-state index in [0.29, 0.717) is 18.0 Å². The lowest BCUT2D eigenvalue weighted by Gasteiger charge is -2.16. The molecule has 0 fully saturated rings. The highest BCUT2D eigenvalue weighted by atomic mass is 16.5. The van der Waals surface area contributed by atoms with Crippen LogP contribution < -0.4 is 10.1 Å². The van der Waals surface area contributed by atoms with E-state index in [2.05, 4.69) is 15.4 Å². The van der Waals surface area contributed by atoms with Gasteiger partial charge >= 0.3 is 0 Å². The third kappa shape index (κ3) is 4.23. The molecule has 0 bridgehead atoms. The lowest BCUT2D eigenvalue weighted by molar-refractivity contribution is -0.119. The van der Waals surface area contributed by atoms with Gasteiger partial charge in [0, 0.05) is 0 Å². The Balaban J connectivity index is 1.73. The first kappa shape index (κ1) is 16.7. The fourth-order valence-corrected chi connectivity index (χ4v) is 2.36. The van der Waals surface area contributed by atoms with Gasteiger partial charge in [-0.05, 0) is 37.1 Å². The lowest BCUT2D eigenvalue weighted by Crippen LogP contribution is -2.24. The molecule has 3 rings (SSSR count). The van der Waals surface area contributed by atoms with Crippen molar-refractivity contribution in [2.24, 2.45) is 0 Å². The Kier molecular flexibility index (Phi) is 5.09. The maximum atomic E-state index is 12.5. The van der Waals surface area contributed by atoms with Gasteiger partial charge in [-0.3, -0.25) is 4.79 Å². The van der Waals surface area contributed by atoms with Crippen molar-refractivity contribution in [1.82, 2.24) is 14.8 Å². The number of hydrogen-bond donors (Lipinski definition) is 1. The molecular formula is C19H20N4O2.